The lowest BCUT2D eigenvalue weighted by Gasteiger charge is -2.10. The van der Waals surface area contributed by atoms with E-state index in [-0.39, 0.29) is 0 Å². The minimum absolute atomic E-state index is 0.851. The number of nitrogens with one attached hydrogen (secondary N) is 2. The fourth-order valence-electron chi connectivity index (χ4n) is 1.82. The van der Waals surface area contributed by atoms with Gasteiger partial charge in [0.15, 0.2) is 5.96 Å². The lowest BCUT2D eigenvalue weighted by atomic mass is 10.3. The zero-order chi connectivity index (χ0) is 15.1. The molecule has 0 aliphatic carbocycles. The number of thiophene rings is 1. The van der Waals surface area contributed by atoms with E-state index in [1.165, 1.54) is 17.6 Å². The molecule has 0 spiro atoms. The summed E-state index contributed by atoms with van der Waals surface area (Å²) >= 11 is 5.95. The first kappa shape index (κ1) is 16.7. The number of aliphatic imine (C=N–C) groups is 1. The molecule has 0 atom stereocenters. The van der Waals surface area contributed by atoms with Gasteiger partial charge in [-0.25, -0.2) is 4.98 Å². The molecule has 0 unspecified atom stereocenters. The highest BCUT2D eigenvalue weighted by Crippen LogP contribution is 2.18. The van der Waals surface area contributed by atoms with Crippen LogP contribution in [-0.2, 0) is 12.8 Å². The zero-order valence-electron chi connectivity index (χ0n) is 12.1. The van der Waals surface area contributed by atoms with Gasteiger partial charge in [0.05, 0.1) is 7.89 Å². The van der Waals surface area contributed by atoms with Gasteiger partial charge in [-0.3, -0.25) is 4.99 Å². The fourth-order valence-corrected chi connectivity index (χ4v) is 4.36. The number of rotatable bonds is 6. The summed E-state index contributed by atoms with van der Waals surface area (Å²) in [5.74, 6) is 0.856. The zero-order valence-corrected chi connectivity index (χ0v) is 15.9. The second-order valence-electron chi connectivity index (χ2n) is 4.50. The minimum atomic E-state index is 0.851. The third kappa shape index (κ3) is 5.91. The standard InChI is InChI=1S/C14H19IN4S2/c1-10-9-19-13(20-10)6-8-18-14(16-2)17-7-5-11-3-4-12(15)21-11/h3-4,9H,5-8H2,1-2H3,(H2,16,17,18). The lowest BCUT2D eigenvalue weighted by molar-refractivity contribution is 0.785. The summed E-state index contributed by atoms with van der Waals surface area (Å²) in [6.07, 6.45) is 3.89. The Morgan fingerprint density at radius 3 is 2.57 bits per heavy atom. The molecule has 114 valence electrons. The summed E-state index contributed by atoms with van der Waals surface area (Å²) in [6, 6.07) is 4.35. The van der Waals surface area contributed by atoms with E-state index < -0.39 is 0 Å². The van der Waals surface area contributed by atoms with Crippen molar-refractivity contribution in [1.82, 2.24) is 15.6 Å². The number of halogens is 1. The quantitative estimate of drug-likeness (QED) is 0.418. The second-order valence-corrected chi connectivity index (χ2v) is 8.88. The van der Waals surface area contributed by atoms with Gasteiger partial charge in [-0.05, 0) is 48.1 Å². The average Bonchev–Trinajstić information content (AvgIpc) is 3.06. The number of nitrogens with zero attached hydrogens (tertiary/aromatic N) is 2. The van der Waals surface area contributed by atoms with Crippen molar-refractivity contribution in [1.29, 1.82) is 0 Å². The average molecular weight is 434 g/mol. The van der Waals surface area contributed by atoms with E-state index in [9.17, 15) is 0 Å². The van der Waals surface area contributed by atoms with Crippen molar-refractivity contribution in [2.75, 3.05) is 20.1 Å². The number of aromatic nitrogens is 1. The summed E-state index contributed by atoms with van der Waals surface area (Å²) in [7, 11) is 1.80. The van der Waals surface area contributed by atoms with Gasteiger partial charge >= 0.3 is 0 Å². The molecule has 0 saturated carbocycles. The topological polar surface area (TPSA) is 49.3 Å². The third-order valence-electron chi connectivity index (χ3n) is 2.82. The molecule has 0 radical (unpaired) electrons. The van der Waals surface area contributed by atoms with E-state index in [0.29, 0.717) is 0 Å². The minimum Gasteiger partial charge on any atom is -0.356 e. The summed E-state index contributed by atoms with van der Waals surface area (Å²) < 4.78 is 1.34. The molecule has 0 bridgehead atoms. The molecule has 2 rings (SSSR count). The van der Waals surface area contributed by atoms with Crippen molar-refractivity contribution in [2.24, 2.45) is 4.99 Å². The van der Waals surface area contributed by atoms with Crippen LogP contribution in [0, 0.1) is 9.81 Å². The van der Waals surface area contributed by atoms with E-state index in [4.69, 9.17) is 0 Å². The van der Waals surface area contributed by atoms with Crippen LogP contribution in [-0.4, -0.2) is 31.1 Å². The Kier molecular flexibility index (Phi) is 6.91. The number of guanidine groups is 1. The van der Waals surface area contributed by atoms with Gasteiger partial charge in [0.1, 0.15) is 0 Å². The molecular weight excluding hydrogens is 415 g/mol. The van der Waals surface area contributed by atoms with Crippen LogP contribution >= 0.6 is 45.3 Å². The van der Waals surface area contributed by atoms with E-state index in [1.807, 2.05) is 17.5 Å². The van der Waals surface area contributed by atoms with Crippen LogP contribution in [0.2, 0.25) is 0 Å². The van der Waals surface area contributed by atoms with Crippen LogP contribution in [0.4, 0.5) is 0 Å². The van der Waals surface area contributed by atoms with Crippen LogP contribution < -0.4 is 10.6 Å². The summed E-state index contributed by atoms with van der Waals surface area (Å²) in [5, 5.41) is 7.84. The molecular formula is C14H19IN4S2. The fraction of sp³-hybridized carbons (Fsp3) is 0.429. The molecule has 0 aliphatic heterocycles. The number of hydrogen-bond acceptors (Lipinski definition) is 4. The molecule has 2 aromatic rings. The van der Waals surface area contributed by atoms with Crippen molar-refractivity contribution < 1.29 is 0 Å². The maximum atomic E-state index is 4.36. The van der Waals surface area contributed by atoms with Crippen LogP contribution in [0.1, 0.15) is 14.8 Å². The van der Waals surface area contributed by atoms with E-state index in [1.54, 1.807) is 18.4 Å². The molecule has 2 heterocycles. The predicted molar refractivity (Wildman–Crippen MR) is 101 cm³/mol. The molecule has 21 heavy (non-hydrogen) atoms. The molecule has 4 nitrogen and oxygen atoms in total. The molecule has 0 amide bonds. The Labute approximate surface area is 147 Å². The van der Waals surface area contributed by atoms with Gasteiger partial charge < -0.3 is 10.6 Å². The highest BCUT2D eigenvalue weighted by atomic mass is 127. The van der Waals surface area contributed by atoms with Crippen LogP contribution in [0.15, 0.2) is 23.3 Å². The Hall–Kier alpha value is -0.670. The molecule has 0 aliphatic rings. The first-order chi connectivity index (χ1) is 10.2. The Balaban J connectivity index is 1.66. The van der Waals surface area contributed by atoms with Crippen LogP contribution in [0.3, 0.4) is 0 Å². The number of thiazole rings is 1. The largest absolute Gasteiger partial charge is 0.356 e. The van der Waals surface area contributed by atoms with Gasteiger partial charge in [-0.15, -0.1) is 22.7 Å². The van der Waals surface area contributed by atoms with Crippen molar-refractivity contribution in [3.05, 3.63) is 36.0 Å². The van der Waals surface area contributed by atoms with Gasteiger partial charge in [0.2, 0.25) is 0 Å². The molecule has 0 fully saturated rings. The molecule has 0 aromatic carbocycles. The maximum absolute atomic E-state index is 4.36. The highest BCUT2D eigenvalue weighted by Gasteiger charge is 2.02. The predicted octanol–water partition coefficient (Wildman–Crippen LogP) is 3.07. The van der Waals surface area contributed by atoms with Crippen molar-refractivity contribution in [3.8, 4) is 0 Å². The van der Waals surface area contributed by atoms with Crippen molar-refractivity contribution in [2.45, 2.75) is 19.8 Å². The van der Waals surface area contributed by atoms with Crippen LogP contribution in [0.25, 0.3) is 0 Å². The first-order valence-corrected chi connectivity index (χ1v) is 9.48. The Morgan fingerprint density at radius 1 is 1.24 bits per heavy atom. The molecule has 0 saturated heterocycles. The van der Waals surface area contributed by atoms with Crippen molar-refractivity contribution in [3.63, 3.8) is 0 Å². The summed E-state index contributed by atoms with van der Waals surface area (Å²) in [6.45, 7) is 3.83. The smallest absolute Gasteiger partial charge is 0.191 e. The van der Waals surface area contributed by atoms with E-state index in [0.717, 1.165) is 31.9 Å². The lowest BCUT2D eigenvalue weighted by Crippen LogP contribution is -2.39. The monoisotopic (exact) mass is 434 g/mol. The number of hydrogen-bond donors (Lipinski definition) is 2. The van der Waals surface area contributed by atoms with E-state index in [2.05, 4.69) is 62.3 Å². The van der Waals surface area contributed by atoms with Gasteiger partial charge in [-0.1, -0.05) is 0 Å². The normalized spacial score (nSPS) is 11.7. The van der Waals surface area contributed by atoms with Gasteiger partial charge in [0, 0.05) is 42.5 Å². The third-order valence-corrected chi connectivity index (χ3v) is 5.74. The second kappa shape index (κ2) is 8.70. The Morgan fingerprint density at radius 2 is 2.00 bits per heavy atom. The molecule has 2 N–H and O–H groups in total. The summed E-state index contributed by atoms with van der Waals surface area (Å²) in [4.78, 5) is 11.3. The van der Waals surface area contributed by atoms with Crippen LogP contribution in [0.5, 0.6) is 0 Å². The SMILES string of the molecule is CN=C(NCCc1ccc(I)s1)NCCc1ncc(C)s1. The number of aryl methyl sites for hydroxylation is 1. The van der Waals surface area contributed by atoms with E-state index >= 15 is 0 Å². The molecule has 2 aromatic heterocycles. The van der Waals surface area contributed by atoms with Gasteiger partial charge in [0.25, 0.3) is 0 Å². The molecule has 7 heteroatoms. The highest BCUT2D eigenvalue weighted by molar-refractivity contribution is 14.1. The van der Waals surface area contributed by atoms with Crippen molar-refractivity contribution >= 4 is 51.2 Å². The first-order valence-electron chi connectivity index (χ1n) is 6.77. The Bertz CT molecular complexity index is 543. The summed E-state index contributed by atoms with van der Waals surface area (Å²) in [5.41, 5.74) is 0. The maximum Gasteiger partial charge on any atom is 0.191 e. The van der Waals surface area contributed by atoms with Gasteiger partial charge in [-0.2, -0.15) is 0 Å².